The van der Waals surface area contributed by atoms with Crippen LogP contribution in [-0.4, -0.2) is 0 Å². The summed E-state index contributed by atoms with van der Waals surface area (Å²) < 4.78 is 2.80. The summed E-state index contributed by atoms with van der Waals surface area (Å²) >= 11 is 5.56. The van der Waals surface area contributed by atoms with E-state index in [-0.39, 0.29) is 0 Å². The fraction of sp³-hybridized carbons (Fsp3) is 0. The molecule has 0 atom stereocenters. The number of anilines is 2. The van der Waals surface area contributed by atoms with Gasteiger partial charge in [0.2, 0.25) is 0 Å². The molecule has 2 aromatic carbocycles. The summed E-state index contributed by atoms with van der Waals surface area (Å²) in [5.41, 5.74) is 2.49. The first-order valence-corrected chi connectivity index (χ1v) is 8.94. The van der Waals surface area contributed by atoms with Crippen molar-refractivity contribution in [3.8, 4) is 0 Å². The zero-order valence-corrected chi connectivity index (χ0v) is 12.8. The molecule has 4 aromatic rings. The van der Waals surface area contributed by atoms with Crippen LogP contribution in [0.4, 0.5) is 11.4 Å². The highest BCUT2D eigenvalue weighted by Crippen LogP contribution is 2.52. The topological polar surface area (TPSA) is 12.0 Å². The van der Waals surface area contributed by atoms with E-state index in [1.807, 2.05) is 34.4 Å². The van der Waals surface area contributed by atoms with Crippen molar-refractivity contribution in [3.05, 3.63) is 47.2 Å². The molecule has 5 rings (SSSR count). The Balaban J connectivity index is 1.93. The predicted octanol–water partition coefficient (Wildman–Crippen LogP) is 6.32. The van der Waals surface area contributed by atoms with Gasteiger partial charge in [-0.3, -0.25) is 0 Å². The number of hydrogen-bond donors (Lipinski definition) is 1. The Hall–Kier alpha value is -1.49. The lowest BCUT2D eigenvalue weighted by Crippen LogP contribution is -1.99. The van der Waals surface area contributed by atoms with Gasteiger partial charge in [0.05, 0.1) is 21.0 Å². The van der Waals surface area contributed by atoms with Crippen LogP contribution >= 0.6 is 34.4 Å². The average molecular weight is 311 g/mol. The maximum atomic E-state index is 3.64. The molecule has 1 nitrogen and oxygen atoms in total. The molecule has 0 bridgehead atoms. The summed E-state index contributed by atoms with van der Waals surface area (Å²) in [7, 11) is 0. The molecular weight excluding hydrogens is 302 g/mol. The Morgan fingerprint density at radius 3 is 2.55 bits per heavy atom. The second-order valence-corrected chi connectivity index (χ2v) is 7.64. The molecule has 0 unspecified atom stereocenters. The number of fused-ring (bicyclic) bond motifs is 7. The number of hydrogen-bond acceptors (Lipinski definition) is 4. The molecule has 0 radical (unpaired) electrons. The van der Waals surface area contributed by atoms with Gasteiger partial charge >= 0.3 is 0 Å². The van der Waals surface area contributed by atoms with Gasteiger partial charge in [-0.25, -0.2) is 0 Å². The van der Waals surface area contributed by atoms with Crippen molar-refractivity contribution in [2.75, 3.05) is 5.32 Å². The average Bonchev–Trinajstić information content (AvgIpc) is 3.14. The van der Waals surface area contributed by atoms with E-state index < -0.39 is 0 Å². The zero-order valence-electron chi connectivity index (χ0n) is 10.3. The Morgan fingerprint density at radius 2 is 1.60 bits per heavy atom. The van der Waals surface area contributed by atoms with E-state index in [4.69, 9.17) is 0 Å². The van der Waals surface area contributed by atoms with Gasteiger partial charge in [0.1, 0.15) is 0 Å². The first-order chi connectivity index (χ1) is 9.92. The Morgan fingerprint density at radius 1 is 0.800 bits per heavy atom. The van der Waals surface area contributed by atoms with E-state index in [9.17, 15) is 0 Å². The van der Waals surface area contributed by atoms with E-state index in [2.05, 4.69) is 52.5 Å². The third-order valence-corrected chi connectivity index (χ3v) is 6.83. The van der Waals surface area contributed by atoms with Gasteiger partial charge < -0.3 is 5.32 Å². The van der Waals surface area contributed by atoms with Crippen LogP contribution in [0.25, 0.3) is 20.2 Å². The van der Waals surface area contributed by atoms with Crippen LogP contribution in [0.15, 0.2) is 56.9 Å². The molecule has 0 spiro atoms. The molecule has 0 fully saturated rings. The van der Waals surface area contributed by atoms with Crippen molar-refractivity contribution in [2.45, 2.75) is 9.79 Å². The van der Waals surface area contributed by atoms with Crippen molar-refractivity contribution < 1.29 is 0 Å². The Labute approximate surface area is 128 Å². The number of para-hydroxylation sites is 1. The fourth-order valence-electron chi connectivity index (χ4n) is 2.74. The van der Waals surface area contributed by atoms with Gasteiger partial charge in [0, 0.05) is 20.4 Å². The van der Waals surface area contributed by atoms with Gasteiger partial charge in [-0.05, 0) is 35.0 Å². The lowest BCUT2D eigenvalue weighted by Gasteiger charge is -2.22. The molecule has 0 saturated heterocycles. The summed E-state index contributed by atoms with van der Waals surface area (Å²) in [5, 5.41) is 10.8. The molecule has 0 saturated carbocycles. The first kappa shape index (κ1) is 11.2. The van der Waals surface area contributed by atoms with Crippen LogP contribution in [0.5, 0.6) is 0 Å². The van der Waals surface area contributed by atoms with Crippen LogP contribution < -0.4 is 5.32 Å². The van der Waals surface area contributed by atoms with E-state index >= 15 is 0 Å². The molecule has 2 aromatic heterocycles. The van der Waals surface area contributed by atoms with E-state index in [1.165, 1.54) is 41.3 Å². The highest BCUT2D eigenvalue weighted by molar-refractivity contribution is 8.00. The zero-order chi connectivity index (χ0) is 13.1. The first-order valence-electron chi connectivity index (χ1n) is 6.36. The fourth-order valence-corrected chi connectivity index (χ4v) is 5.92. The molecule has 3 heterocycles. The monoisotopic (exact) mass is 311 g/mol. The van der Waals surface area contributed by atoms with E-state index in [0.717, 1.165) is 0 Å². The molecule has 1 aliphatic heterocycles. The van der Waals surface area contributed by atoms with Crippen molar-refractivity contribution in [3.63, 3.8) is 0 Å². The second kappa shape index (κ2) is 4.01. The molecule has 0 aliphatic carbocycles. The van der Waals surface area contributed by atoms with Crippen LogP contribution in [-0.2, 0) is 0 Å². The number of benzene rings is 2. The predicted molar refractivity (Wildman–Crippen MR) is 91.1 cm³/mol. The summed E-state index contributed by atoms with van der Waals surface area (Å²) in [4.78, 5) is 2.68. The minimum atomic E-state index is 1.22. The maximum absolute atomic E-state index is 3.64. The van der Waals surface area contributed by atoms with Crippen LogP contribution in [0.3, 0.4) is 0 Å². The van der Waals surface area contributed by atoms with Gasteiger partial charge in [-0.2, -0.15) is 0 Å². The maximum Gasteiger partial charge on any atom is 0.0629 e. The van der Waals surface area contributed by atoms with Crippen molar-refractivity contribution in [1.29, 1.82) is 0 Å². The minimum absolute atomic E-state index is 1.22. The normalized spacial score (nSPS) is 13.2. The molecule has 20 heavy (non-hydrogen) atoms. The molecule has 4 heteroatoms. The third kappa shape index (κ3) is 1.39. The molecule has 96 valence electrons. The van der Waals surface area contributed by atoms with Gasteiger partial charge in [-0.1, -0.05) is 23.9 Å². The SMILES string of the molecule is c1ccc2c(c1)Nc1c(c3sccc3c3sccc13)S2. The summed E-state index contributed by atoms with van der Waals surface area (Å²) in [6, 6.07) is 13.0. The Kier molecular flexibility index (Phi) is 2.24. The largest absolute Gasteiger partial charge is 0.353 e. The van der Waals surface area contributed by atoms with Crippen molar-refractivity contribution >= 4 is 66.0 Å². The van der Waals surface area contributed by atoms with E-state index in [1.54, 1.807) is 0 Å². The number of nitrogens with one attached hydrogen (secondary N) is 1. The summed E-state index contributed by atoms with van der Waals surface area (Å²) in [6.45, 7) is 0. The summed E-state index contributed by atoms with van der Waals surface area (Å²) in [6.07, 6.45) is 0. The highest BCUT2D eigenvalue weighted by atomic mass is 32.2. The summed E-state index contributed by atoms with van der Waals surface area (Å²) in [5.74, 6) is 0. The van der Waals surface area contributed by atoms with Gasteiger partial charge in [0.25, 0.3) is 0 Å². The van der Waals surface area contributed by atoms with Crippen LogP contribution in [0.1, 0.15) is 0 Å². The quantitative estimate of drug-likeness (QED) is 0.359. The molecular formula is C16H9NS3. The number of rotatable bonds is 0. The molecule has 1 aliphatic rings. The standard InChI is InChI=1S/C16H9NS3/c1-2-4-12-11(3-1)17-13-9-5-7-18-14(9)10-6-8-19-15(10)16(13)20-12/h1-8,17H. The lowest BCUT2D eigenvalue weighted by molar-refractivity contribution is 1.36. The number of thiophene rings is 2. The van der Waals surface area contributed by atoms with Crippen molar-refractivity contribution in [1.82, 2.24) is 0 Å². The second-order valence-electron chi connectivity index (χ2n) is 4.75. The molecule has 1 N–H and O–H groups in total. The third-order valence-electron chi connectivity index (χ3n) is 3.64. The van der Waals surface area contributed by atoms with Gasteiger partial charge in [0.15, 0.2) is 0 Å². The lowest BCUT2D eigenvalue weighted by atomic mass is 10.1. The van der Waals surface area contributed by atoms with Crippen LogP contribution in [0.2, 0.25) is 0 Å². The van der Waals surface area contributed by atoms with Gasteiger partial charge in [-0.15, -0.1) is 22.7 Å². The van der Waals surface area contributed by atoms with E-state index in [0.29, 0.717) is 0 Å². The smallest absolute Gasteiger partial charge is 0.0629 e. The van der Waals surface area contributed by atoms with Crippen molar-refractivity contribution in [2.24, 2.45) is 0 Å². The Bertz CT molecular complexity index is 886. The molecule has 0 amide bonds. The highest BCUT2D eigenvalue weighted by Gasteiger charge is 2.22. The minimum Gasteiger partial charge on any atom is -0.353 e. The van der Waals surface area contributed by atoms with Crippen LogP contribution in [0, 0.1) is 0 Å².